The lowest BCUT2D eigenvalue weighted by Gasteiger charge is -2.38. The first-order chi connectivity index (χ1) is 28.1. The number of thioether (sulfide) groups is 1. The van der Waals surface area contributed by atoms with E-state index in [1.807, 2.05) is 16.7 Å². The first kappa shape index (κ1) is 44.2. The Bertz CT molecular complexity index is 2360. The van der Waals surface area contributed by atoms with Crippen molar-refractivity contribution in [1.82, 2.24) is 14.5 Å². The van der Waals surface area contributed by atoms with Gasteiger partial charge in [0, 0.05) is 37.9 Å². The summed E-state index contributed by atoms with van der Waals surface area (Å²) in [7, 11) is -0.631. The van der Waals surface area contributed by atoms with Gasteiger partial charge in [0.05, 0.1) is 30.1 Å². The van der Waals surface area contributed by atoms with Gasteiger partial charge >= 0.3 is 0 Å². The molecule has 11 heteroatoms. The van der Waals surface area contributed by atoms with E-state index in [9.17, 15) is 5.26 Å². The number of aromatic nitrogens is 3. The molecule has 1 aliphatic heterocycles. The van der Waals surface area contributed by atoms with Gasteiger partial charge in [-0.25, -0.2) is 14.4 Å². The Morgan fingerprint density at radius 1 is 0.949 bits per heavy atom. The topological polar surface area (TPSA) is 85.4 Å². The molecular weight excluding hydrogens is 774 g/mol. The molecule has 1 unspecified atom stereocenters. The highest BCUT2D eigenvalue weighted by Gasteiger charge is 2.42. The second-order valence-electron chi connectivity index (χ2n) is 17.7. The zero-order valence-electron chi connectivity index (χ0n) is 36.7. The molecule has 3 aromatic carbocycles. The molecule has 1 fully saturated rings. The summed E-state index contributed by atoms with van der Waals surface area (Å²) in [5.41, 5.74) is 10.4. The van der Waals surface area contributed by atoms with Crippen LogP contribution in [0.4, 0.5) is 10.2 Å². The van der Waals surface area contributed by atoms with Gasteiger partial charge in [-0.05, 0) is 75.7 Å². The van der Waals surface area contributed by atoms with E-state index < -0.39 is 14.1 Å². The van der Waals surface area contributed by atoms with Gasteiger partial charge in [0.15, 0.2) is 6.79 Å². The van der Waals surface area contributed by atoms with Crippen LogP contribution in [0.2, 0.25) is 16.6 Å². The molecule has 0 amide bonds. The first-order valence-corrected chi connectivity index (χ1v) is 24.1. The van der Waals surface area contributed by atoms with Crippen molar-refractivity contribution in [2.45, 2.75) is 115 Å². The molecule has 1 saturated heterocycles. The predicted octanol–water partition coefficient (Wildman–Crippen LogP) is 11.6. The highest BCUT2D eigenvalue weighted by atomic mass is 32.2. The number of fused-ring (bicyclic) bond motifs is 2. The maximum absolute atomic E-state index is 16.4. The van der Waals surface area contributed by atoms with Gasteiger partial charge in [-0.15, -0.1) is 5.54 Å². The fraction of sp³-hybridized carbons (Fsp3) is 0.479. The summed E-state index contributed by atoms with van der Waals surface area (Å²) in [6.07, 6.45) is 2.62. The Kier molecular flexibility index (Phi) is 13.8. The number of anilines is 1. The second-order valence-corrected chi connectivity index (χ2v) is 24.2. The fourth-order valence-corrected chi connectivity index (χ4v) is 15.0. The average molecular weight is 834 g/mol. The lowest BCUT2D eigenvalue weighted by molar-refractivity contribution is 0.0511. The first-order valence-electron chi connectivity index (χ1n) is 20.9. The molecular formula is C48H60FN5O3SSi. The zero-order valence-corrected chi connectivity index (χ0v) is 38.5. The number of nitriles is 1. The van der Waals surface area contributed by atoms with Crippen LogP contribution in [0, 0.1) is 28.6 Å². The lowest BCUT2D eigenvalue weighted by atomic mass is 9.87. The maximum atomic E-state index is 16.4. The molecule has 2 aromatic heterocycles. The molecule has 0 spiro atoms. The minimum absolute atomic E-state index is 0.0547. The highest BCUT2D eigenvalue weighted by Crippen LogP contribution is 2.43. The summed E-state index contributed by atoms with van der Waals surface area (Å²) in [6, 6.07) is 18.1. The lowest BCUT2D eigenvalue weighted by Crippen LogP contribution is -2.43. The Morgan fingerprint density at radius 3 is 2.31 bits per heavy atom. The van der Waals surface area contributed by atoms with E-state index in [0.717, 1.165) is 27.8 Å². The highest BCUT2D eigenvalue weighted by molar-refractivity contribution is 7.98. The molecule has 59 heavy (non-hydrogen) atoms. The van der Waals surface area contributed by atoms with Crippen molar-refractivity contribution in [3.05, 3.63) is 88.5 Å². The minimum atomic E-state index is -2.22. The number of methoxy groups -OCH3 is 1. The van der Waals surface area contributed by atoms with E-state index in [4.69, 9.17) is 24.2 Å². The summed E-state index contributed by atoms with van der Waals surface area (Å²) in [4.78, 5) is 12.4. The smallest absolute Gasteiger partial charge is 0.188 e. The number of benzene rings is 3. The third kappa shape index (κ3) is 9.05. The number of imidazole rings is 1. The van der Waals surface area contributed by atoms with E-state index in [0.29, 0.717) is 82.4 Å². The largest absolute Gasteiger partial charge is 0.468 e. The number of hydrogen-bond acceptors (Lipinski definition) is 8. The quantitative estimate of drug-likeness (QED) is 0.0532. The summed E-state index contributed by atoms with van der Waals surface area (Å²) >= 11 is 1.62. The molecule has 0 radical (unpaired) electrons. The van der Waals surface area contributed by atoms with E-state index in [2.05, 4.69) is 116 Å². The van der Waals surface area contributed by atoms with Crippen LogP contribution >= 0.6 is 11.8 Å². The minimum Gasteiger partial charge on any atom is -0.468 e. The van der Waals surface area contributed by atoms with E-state index >= 15 is 4.39 Å². The molecule has 1 atom stereocenters. The van der Waals surface area contributed by atoms with Crippen LogP contribution in [0.3, 0.4) is 0 Å². The summed E-state index contributed by atoms with van der Waals surface area (Å²) < 4.78 is 35.6. The molecule has 312 valence electrons. The molecule has 3 heterocycles. The normalized spacial score (nSPS) is 14.5. The van der Waals surface area contributed by atoms with Crippen LogP contribution in [0.25, 0.3) is 21.8 Å². The van der Waals surface area contributed by atoms with Crippen LogP contribution in [0.15, 0.2) is 59.9 Å². The average Bonchev–Trinajstić information content (AvgIpc) is 3.46. The Morgan fingerprint density at radius 2 is 1.66 bits per heavy atom. The van der Waals surface area contributed by atoms with Crippen molar-refractivity contribution in [2.75, 3.05) is 45.1 Å². The van der Waals surface area contributed by atoms with Gasteiger partial charge < -0.3 is 23.7 Å². The summed E-state index contributed by atoms with van der Waals surface area (Å²) in [6.45, 7) is 24.9. The van der Waals surface area contributed by atoms with Crippen molar-refractivity contribution in [1.29, 1.82) is 5.26 Å². The molecule has 6 rings (SSSR count). The van der Waals surface area contributed by atoms with Crippen molar-refractivity contribution >= 4 is 47.5 Å². The van der Waals surface area contributed by atoms with Crippen molar-refractivity contribution in [2.24, 2.45) is 0 Å². The predicted molar refractivity (Wildman–Crippen MR) is 243 cm³/mol. The van der Waals surface area contributed by atoms with Crippen LogP contribution in [0.5, 0.6) is 5.75 Å². The third-order valence-corrected chi connectivity index (χ3v) is 19.4. The van der Waals surface area contributed by atoms with Crippen molar-refractivity contribution < 1.29 is 18.6 Å². The second kappa shape index (κ2) is 18.5. The Hall–Kier alpha value is -4.39. The molecule has 5 aromatic rings. The maximum Gasteiger partial charge on any atom is 0.188 e. The van der Waals surface area contributed by atoms with Gasteiger partial charge in [-0.3, -0.25) is 0 Å². The van der Waals surface area contributed by atoms with Gasteiger partial charge in [0.1, 0.15) is 47.6 Å². The Labute approximate surface area is 355 Å². The monoisotopic (exact) mass is 833 g/mol. The molecule has 1 aliphatic rings. The van der Waals surface area contributed by atoms with Crippen LogP contribution in [0.1, 0.15) is 110 Å². The molecule has 0 bridgehead atoms. The third-order valence-electron chi connectivity index (χ3n) is 12.0. The van der Waals surface area contributed by atoms with Crippen molar-refractivity contribution in [3.8, 4) is 23.3 Å². The summed E-state index contributed by atoms with van der Waals surface area (Å²) in [5, 5.41) is 13.3. The molecule has 0 saturated carbocycles. The number of hydrogen-bond donors (Lipinski definition) is 0. The molecule has 0 N–H and O–H groups in total. The van der Waals surface area contributed by atoms with Gasteiger partial charge in [-0.1, -0.05) is 110 Å². The van der Waals surface area contributed by atoms with Crippen molar-refractivity contribution in [3.63, 3.8) is 0 Å². The number of ether oxygens (including phenoxy) is 3. The van der Waals surface area contributed by atoms with Gasteiger partial charge in [0.25, 0.3) is 0 Å². The van der Waals surface area contributed by atoms with E-state index in [-0.39, 0.29) is 18.0 Å². The van der Waals surface area contributed by atoms with Crippen LogP contribution < -0.4 is 9.64 Å². The summed E-state index contributed by atoms with van der Waals surface area (Å²) in [5.74, 6) is 5.02. The number of halogens is 1. The van der Waals surface area contributed by atoms with Crippen LogP contribution in [-0.2, 0) is 20.6 Å². The number of rotatable bonds is 12. The fourth-order valence-electron chi connectivity index (χ4n) is 8.87. The van der Waals surface area contributed by atoms with E-state index in [1.165, 1.54) is 17.2 Å². The Balaban J connectivity index is 1.57. The van der Waals surface area contributed by atoms with Gasteiger partial charge in [0.2, 0.25) is 0 Å². The standard InChI is InChI=1S/C48H60FN5O3SSi/c1-31(2)59(32(3)4,33(5)6)24-19-39-42(49)18-15-36-25-38(57-30-55-11)26-40(43(36)39)34(7)54-29-51-44-45(54)41(27-50)46(53-20-12-22-56-23-21-53)52-47(44)58-28-35-13-16-37(17-14-35)48(8,9)10/h13-18,25-26,29,31-34H,12,20-23,28,30H2,1-11H3. The molecule has 8 nitrogen and oxygen atoms in total. The SMILES string of the molecule is COCOc1cc(C(C)n2cnc3c(SCc4ccc(C(C)(C)C)cc4)nc(N4CCCOCC4)c(C#N)c32)c2c(C#C[Si](C(C)C)(C(C)C)C(C)C)c(F)ccc2c1. The van der Waals surface area contributed by atoms with Crippen LogP contribution in [-0.4, -0.2) is 62.8 Å². The zero-order chi connectivity index (χ0) is 42.6. The number of nitrogens with zero attached hydrogens (tertiary/aromatic N) is 5. The van der Waals surface area contributed by atoms with Gasteiger partial charge in [-0.2, -0.15) is 5.26 Å². The molecule has 0 aliphatic carbocycles. The van der Waals surface area contributed by atoms with E-state index in [1.54, 1.807) is 31.3 Å². The number of pyridine rings is 1.